The molecule has 0 saturated carbocycles. The first kappa shape index (κ1) is 20.0. The average Bonchev–Trinajstić information content (AvgIpc) is 2.59. The van der Waals surface area contributed by atoms with Crippen molar-refractivity contribution in [3.8, 4) is 5.75 Å². The molecule has 1 aromatic rings. The van der Waals surface area contributed by atoms with Crippen LogP contribution in [0, 0.1) is 5.92 Å². The molecule has 0 bridgehead atoms. The minimum absolute atomic E-state index is 0.0833. The lowest BCUT2D eigenvalue weighted by atomic mass is 9.74. The summed E-state index contributed by atoms with van der Waals surface area (Å²) in [5.41, 5.74) is -0.0171. The van der Waals surface area contributed by atoms with Crippen molar-refractivity contribution in [1.82, 2.24) is 5.32 Å². The van der Waals surface area contributed by atoms with Crippen LogP contribution in [0.25, 0.3) is 0 Å². The van der Waals surface area contributed by atoms with E-state index >= 15 is 0 Å². The summed E-state index contributed by atoms with van der Waals surface area (Å²) in [6, 6.07) is 6.07. The van der Waals surface area contributed by atoms with Crippen LogP contribution in [0.3, 0.4) is 0 Å². The SMILES string of the molecule is CO[C@](CCCCO)(c1cccc(OC(F)(F)F)c1)[C@@H]1CCCNC1. The van der Waals surface area contributed by atoms with Crippen LogP contribution in [0.1, 0.15) is 37.7 Å². The van der Waals surface area contributed by atoms with E-state index in [1.807, 2.05) is 0 Å². The molecule has 1 fully saturated rings. The highest BCUT2D eigenvalue weighted by atomic mass is 19.4. The van der Waals surface area contributed by atoms with Crippen molar-refractivity contribution in [2.75, 3.05) is 26.8 Å². The predicted octanol–water partition coefficient (Wildman–Crippen LogP) is 3.59. The van der Waals surface area contributed by atoms with Gasteiger partial charge in [-0.15, -0.1) is 13.2 Å². The average molecular weight is 361 g/mol. The molecule has 0 unspecified atom stereocenters. The van der Waals surface area contributed by atoms with E-state index in [1.54, 1.807) is 19.2 Å². The Morgan fingerprint density at radius 1 is 1.28 bits per heavy atom. The summed E-state index contributed by atoms with van der Waals surface area (Å²) in [5, 5.41) is 12.4. The quantitative estimate of drug-likeness (QED) is 0.695. The molecule has 4 nitrogen and oxygen atoms in total. The molecule has 2 atom stereocenters. The second-order valence-corrected chi connectivity index (χ2v) is 6.39. The highest BCUT2D eigenvalue weighted by Crippen LogP contribution is 2.42. The molecule has 2 rings (SSSR count). The molecule has 1 aliphatic rings. The van der Waals surface area contributed by atoms with Crippen molar-refractivity contribution in [1.29, 1.82) is 0 Å². The van der Waals surface area contributed by atoms with Crippen LogP contribution in [0.4, 0.5) is 13.2 Å². The highest BCUT2D eigenvalue weighted by Gasteiger charge is 2.41. The lowest BCUT2D eigenvalue weighted by Gasteiger charge is -2.42. The van der Waals surface area contributed by atoms with Gasteiger partial charge in [0.25, 0.3) is 0 Å². The van der Waals surface area contributed by atoms with Gasteiger partial charge in [0.15, 0.2) is 0 Å². The van der Waals surface area contributed by atoms with Crippen LogP contribution < -0.4 is 10.1 Å². The molecule has 7 heteroatoms. The number of piperidine rings is 1. The van der Waals surface area contributed by atoms with Gasteiger partial charge in [0, 0.05) is 26.2 Å². The summed E-state index contributed by atoms with van der Waals surface area (Å²) in [6.45, 7) is 1.77. The minimum atomic E-state index is -4.72. The maximum atomic E-state index is 12.6. The van der Waals surface area contributed by atoms with Crippen molar-refractivity contribution < 1.29 is 27.8 Å². The van der Waals surface area contributed by atoms with Gasteiger partial charge in [-0.1, -0.05) is 12.1 Å². The molecule has 1 heterocycles. The van der Waals surface area contributed by atoms with Gasteiger partial charge in [-0.05, 0) is 56.3 Å². The molecule has 2 N–H and O–H groups in total. The van der Waals surface area contributed by atoms with E-state index in [-0.39, 0.29) is 18.3 Å². The molecular weight excluding hydrogens is 335 g/mol. The number of hydrogen-bond acceptors (Lipinski definition) is 4. The number of nitrogens with one attached hydrogen (secondary N) is 1. The van der Waals surface area contributed by atoms with E-state index in [0.717, 1.165) is 32.4 Å². The van der Waals surface area contributed by atoms with Crippen LogP contribution in [-0.4, -0.2) is 38.3 Å². The first-order chi connectivity index (χ1) is 11.9. The molecule has 25 heavy (non-hydrogen) atoms. The smallest absolute Gasteiger partial charge is 0.406 e. The third-order valence-electron chi connectivity index (χ3n) is 4.83. The summed E-state index contributed by atoms with van der Waals surface area (Å²) >= 11 is 0. The number of alkyl halides is 3. The third kappa shape index (κ3) is 5.33. The Kier molecular flexibility index (Phi) is 7.10. The number of methoxy groups -OCH3 is 1. The van der Waals surface area contributed by atoms with Gasteiger partial charge < -0.3 is 19.9 Å². The third-order valence-corrected chi connectivity index (χ3v) is 4.83. The molecular formula is C18H26F3NO3. The maximum Gasteiger partial charge on any atom is 0.573 e. The van der Waals surface area contributed by atoms with Crippen molar-refractivity contribution in [3.05, 3.63) is 29.8 Å². The fourth-order valence-electron chi connectivity index (χ4n) is 3.68. The Bertz CT molecular complexity index is 533. The zero-order valence-corrected chi connectivity index (χ0v) is 14.4. The largest absolute Gasteiger partial charge is 0.573 e. The fourth-order valence-corrected chi connectivity index (χ4v) is 3.68. The Hall–Kier alpha value is -1.31. The number of aliphatic hydroxyl groups excluding tert-OH is 1. The molecule has 0 aromatic heterocycles. The molecule has 0 spiro atoms. The molecule has 1 aromatic carbocycles. The first-order valence-electron chi connectivity index (χ1n) is 8.64. The number of benzene rings is 1. The normalized spacial score (nSPS) is 20.9. The van der Waals surface area contributed by atoms with Crippen molar-refractivity contribution in [2.24, 2.45) is 5.92 Å². The number of ether oxygens (including phenoxy) is 2. The fraction of sp³-hybridized carbons (Fsp3) is 0.667. The van der Waals surface area contributed by atoms with Gasteiger partial charge in [-0.3, -0.25) is 0 Å². The number of rotatable bonds is 8. The number of unbranched alkanes of at least 4 members (excludes halogenated alkanes) is 1. The van der Waals surface area contributed by atoms with Crippen molar-refractivity contribution in [2.45, 2.75) is 44.1 Å². The van der Waals surface area contributed by atoms with Crippen LogP contribution in [-0.2, 0) is 10.3 Å². The van der Waals surface area contributed by atoms with Gasteiger partial charge in [0.1, 0.15) is 5.75 Å². The minimum Gasteiger partial charge on any atom is -0.406 e. The monoisotopic (exact) mass is 361 g/mol. The molecule has 142 valence electrons. The summed E-state index contributed by atoms with van der Waals surface area (Å²) in [4.78, 5) is 0. The number of halogens is 3. The van der Waals surface area contributed by atoms with Gasteiger partial charge in [0.05, 0.1) is 5.60 Å². The van der Waals surface area contributed by atoms with E-state index in [9.17, 15) is 13.2 Å². The zero-order valence-electron chi connectivity index (χ0n) is 14.4. The van der Waals surface area contributed by atoms with E-state index in [4.69, 9.17) is 9.84 Å². The van der Waals surface area contributed by atoms with Crippen LogP contribution in [0.2, 0.25) is 0 Å². The summed E-state index contributed by atoms with van der Waals surface area (Å²) in [6.07, 6.45) is -0.808. The maximum absolute atomic E-state index is 12.6. The molecule has 1 saturated heterocycles. The summed E-state index contributed by atoms with van der Waals surface area (Å²) in [5.74, 6) is -0.0940. The number of hydrogen-bond donors (Lipinski definition) is 2. The Balaban J connectivity index is 2.34. The zero-order chi connectivity index (χ0) is 18.3. The Morgan fingerprint density at radius 3 is 2.68 bits per heavy atom. The van der Waals surface area contributed by atoms with Gasteiger partial charge >= 0.3 is 6.36 Å². The lowest BCUT2D eigenvalue weighted by molar-refractivity contribution is -0.274. The van der Waals surface area contributed by atoms with Crippen LogP contribution >= 0.6 is 0 Å². The molecule has 0 aliphatic carbocycles. The number of aliphatic hydroxyl groups is 1. The van der Waals surface area contributed by atoms with E-state index in [0.29, 0.717) is 18.4 Å². The molecule has 0 radical (unpaired) electrons. The van der Waals surface area contributed by atoms with Crippen molar-refractivity contribution >= 4 is 0 Å². The highest BCUT2D eigenvalue weighted by molar-refractivity contribution is 5.33. The van der Waals surface area contributed by atoms with Gasteiger partial charge in [-0.25, -0.2) is 0 Å². The van der Waals surface area contributed by atoms with Gasteiger partial charge in [0.2, 0.25) is 0 Å². The van der Waals surface area contributed by atoms with E-state index < -0.39 is 12.0 Å². The van der Waals surface area contributed by atoms with Crippen LogP contribution in [0.5, 0.6) is 5.75 Å². The Morgan fingerprint density at radius 2 is 2.08 bits per heavy atom. The van der Waals surface area contributed by atoms with E-state index in [1.165, 1.54) is 12.1 Å². The first-order valence-corrected chi connectivity index (χ1v) is 8.64. The van der Waals surface area contributed by atoms with E-state index in [2.05, 4.69) is 10.1 Å². The molecule has 0 amide bonds. The standard InChI is InChI=1S/C18H26F3NO3/c1-24-17(9-2-3-11-23,15-7-5-10-22-13-15)14-6-4-8-16(12-14)25-18(19,20)21/h4,6,8,12,15,22-23H,2-3,5,7,9-11,13H2,1H3/t15-,17-/m1/s1. The van der Waals surface area contributed by atoms with Crippen LogP contribution in [0.15, 0.2) is 24.3 Å². The predicted molar refractivity (Wildman–Crippen MR) is 88.3 cm³/mol. The van der Waals surface area contributed by atoms with Gasteiger partial charge in [-0.2, -0.15) is 0 Å². The van der Waals surface area contributed by atoms with Crippen molar-refractivity contribution in [3.63, 3.8) is 0 Å². The summed E-state index contributed by atoms with van der Waals surface area (Å²) in [7, 11) is 1.60. The second kappa shape index (κ2) is 8.87. The second-order valence-electron chi connectivity index (χ2n) is 6.39. The Labute approximate surface area is 146 Å². The molecule has 1 aliphatic heterocycles. The topological polar surface area (TPSA) is 50.7 Å². The summed E-state index contributed by atoms with van der Waals surface area (Å²) < 4.78 is 47.7. The lowest BCUT2D eigenvalue weighted by Crippen LogP contribution is -2.45.